The molecule has 2 rings (SSSR count). The minimum absolute atomic E-state index is 0.0437. The van der Waals surface area contributed by atoms with E-state index in [2.05, 4.69) is 20.7 Å². The Hall–Kier alpha value is -3.26. The topological polar surface area (TPSA) is 153 Å². The number of amides is 2. The van der Waals surface area contributed by atoms with Crippen LogP contribution in [0.25, 0.3) is 10.4 Å². The number of ether oxygens (including phenoxy) is 1. The zero-order valence-electron chi connectivity index (χ0n) is 16.7. The molecule has 1 atom stereocenters. The van der Waals surface area contributed by atoms with Gasteiger partial charge in [0.1, 0.15) is 5.75 Å². The number of carboxylic acid groups (broad SMARTS) is 1. The number of carbonyl (C=O) groups excluding carboxylic acids is 2. The van der Waals surface area contributed by atoms with E-state index in [9.17, 15) is 14.4 Å². The van der Waals surface area contributed by atoms with Crippen molar-refractivity contribution in [2.24, 2.45) is 17.0 Å². The van der Waals surface area contributed by atoms with Crippen LogP contribution in [0.4, 0.5) is 0 Å². The van der Waals surface area contributed by atoms with E-state index in [-0.39, 0.29) is 43.2 Å². The lowest BCUT2D eigenvalue weighted by Crippen LogP contribution is -2.43. The Morgan fingerprint density at radius 3 is 2.53 bits per heavy atom. The number of benzene rings is 1. The highest BCUT2D eigenvalue weighted by Gasteiger charge is 2.28. The lowest BCUT2D eigenvalue weighted by atomic mass is 9.81. The lowest BCUT2D eigenvalue weighted by Gasteiger charge is -2.29. The summed E-state index contributed by atoms with van der Waals surface area (Å²) >= 11 is 0. The highest BCUT2D eigenvalue weighted by molar-refractivity contribution is 5.80. The summed E-state index contributed by atoms with van der Waals surface area (Å²) in [5, 5.41) is 17.8. The van der Waals surface area contributed by atoms with Crippen molar-refractivity contribution in [3.05, 3.63) is 40.8 Å². The van der Waals surface area contributed by atoms with Crippen molar-refractivity contribution in [2.75, 3.05) is 19.7 Å². The average molecular weight is 417 g/mol. The van der Waals surface area contributed by atoms with Gasteiger partial charge in [-0.2, -0.15) is 0 Å². The summed E-state index contributed by atoms with van der Waals surface area (Å²) in [5.41, 5.74) is 8.40. The first-order chi connectivity index (χ1) is 14.5. The van der Waals surface area contributed by atoms with E-state index in [4.69, 9.17) is 15.4 Å². The smallest absolute Gasteiger partial charge is 0.305 e. The van der Waals surface area contributed by atoms with Gasteiger partial charge in [-0.25, -0.2) is 0 Å². The van der Waals surface area contributed by atoms with E-state index in [0.29, 0.717) is 25.1 Å². The molecule has 1 aliphatic carbocycles. The first-order valence-electron chi connectivity index (χ1n) is 9.95. The third-order valence-electron chi connectivity index (χ3n) is 5.05. The van der Waals surface area contributed by atoms with E-state index >= 15 is 0 Å². The van der Waals surface area contributed by atoms with Crippen LogP contribution in [-0.4, -0.2) is 48.6 Å². The molecule has 0 aromatic heterocycles. The Bertz CT molecular complexity index is 754. The van der Waals surface area contributed by atoms with Gasteiger partial charge < -0.3 is 20.5 Å². The van der Waals surface area contributed by atoms with Crippen LogP contribution >= 0.6 is 0 Å². The molecule has 0 heterocycles. The molecule has 0 bridgehead atoms. The summed E-state index contributed by atoms with van der Waals surface area (Å²) in [4.78, 5) is 37.9. The molecular formula is C20H27N5O5. The van der Waals surface area contributed by atoms with Gasteiger partial charge in [-0.15, -0.1) is 0 Å². The number of nitrogens with one attached hydrogen (secondary N) is 2. The third-order valence-corrected chi connectivity index (χ3v) is 5.05. The molecule has 3 N–H and O–H groups in total. The number of rotatable bonds is 11. The second-order valence-corrected chi connectivity index (χ2v) is 7.34. The van der Waals surface area contributed by atoms with E-state index in [1.54, 1.807) is 12.1 Å². The lowest BCUT2D eigenvalue weighted by molar-refractivity contribution is -0.138. The maximum Gasteiger partial charge on any atom is 0.305 e. The van der Waals surface area contributed by atoms with Crippen LogP contribution in [0.5, 0.6) is 5.75 Å². The van der Waals surface area contributed by atoms with Crippen LogP contribution in [0.1, 0.15) is 32.1 Å². The first kappa shape index (κ1) is 23.0. The number of azide groups is 1. The largest absolute Gasteiger partial charge is 0.484 e. The third kappa shape index (κ3) is 8.40. The minimum atomic E-state index is -1.07. The second kappa shape index (κ2) is 12.3. The van der Waals surface area contributed by atoms with E-state index in [1.165, 1.54) is 0 Å². The molecule has 30 heavy (non-hydrogen) atoms. The Morgan fingerprint density at radius 1 is 1.20 bits per heavy atom. The van der Waals surface area contributed by atoms with Gasteiger partial charge >= 0.3 is 5.97 Å². The van der Waals surface area contributed by atoms with Crippen LogP contribution in [0.2, 0.25) is 0 Å². The van der Waals surface area contributed by atoms with Crippen molar-refractivity contribution in [3.8, 4) is 5.75 Å². The molecule has 162 valence electrons. The van der Waals surface area contributed by atoms with Gasteiger partial charge in [0, 0.05) is 30.0 Å². The zero-order valence-corrected chi connectivity index (χ0v) is 16.7. The van der Waals surface area contributed by atoms with Crippen LogP contribution in [0.15, 0.2) is 35.4 Å². The van der Waals surface area contributed by atoms with E-state index in [0.717, 1.165) is 12.8 Å². The summed E-state index contributed by atoms with van der Waals surface area (Å²) in [6.45, 7) is 0.392. The number of hydrogen-bond donors (Lipinski definition) is 3. The number of aliphatic carboxylic acids is 1. The van der Waals surface area contributed by atoms with Crippen molar-refractivity contribution in [3.63, 3.8) is 0 Å². The summed E-state index contributed by atoms with van der Waals surface area (Å²) in [6.07, 6.45) is 2.61. The van der Waals surface area contributed by atoms with Crippen LogP contribution in [-0.2, 0) is 14.4 Å². The minimum Gasteiger partial charge on any atom is -0.484 e. The second-order valence-electron chi connectivity index (χ2n) is 7.34. The Balaban J connectivity index is 1.68. The van der Waals surface area contributed by atoms with Crippen molar-refractivity contribution in [1.29, 1.82) is 0 Å². The van der Waals surface area contributed by atoms with Crippen LogP contribution in [0.3, 0.4) is 0 Å². The number of hydrogen-bond acceptors (Lipinski definition) is 5. The summed E-state index contributed by atoms with van der Waals surface area (Å²) in [7, 11) is 0. The highest BCUT2D eigenvalue weighted by Crippen LogP contribution is 2.28. The van der Waals surface area contributed by atoms with Gasteiger partial charge in [-0.1, -0.05) is 23.3 Å². The monoisotopic (exact) mass is 417 g/mol. The fourth-order valence-corrected chi connectivity index (χ4v) is 3.43. The van der Waals surface area contributed by atoms with Crippen molar-refractivity contribution >= 4 is 17.8 Å². The predicted molar refractivity (Wildman–Crippen MR) is 109 cm³/mol. The van der Waals surface area contributed by atoms with Gasteiger partial charge in [0.25, 0.3) is 5.91 Å². The van der Waals surface area contributed by atoms with Crippen molar-refractivity contribution < 1.29 is 24.2 Å². The summed E-state index contributed by atoms with van der Waals surface area (Å²) in [5.74, 6) is -0.750. The van der Waals surface area contributed by atoms with E-state index in [1.807, 2.05) is 18.2 Å². The summed E-state index contributed by atoms with van der Waals surface area (Å²) in [6, 6.07) is 8.40. The Morgan fingerprint density at radius 2 is 1.90 bits per heavy atom. The molecule has 0 unspecified atom stereocenters. The molecule has 0 aliphatic heterocycles. The number of carbonyl (C=O) groups is 3. The maximum absolute atomic E-state index is 12.4. The van der Waals surface area contributed by atoms with Gasteiger partial charge in [-0.05, 0) is 49.3 Å². The van der Waals surface area contributed by atoms with Gasteiger partial charge in [0.15, 0.2) is 6.61 Å². The molecule has 1 aliphatic rings. The standard InChI is InChI=1S/C20H27N5O5/c21-25-23-12-16(10-19(27)28)24-20(29)15-8-6-14(7-9-15)11-22-18(26)13-30-17-4-2-1-3-5-17/h1-5,14-16H,6-13H2,(H,22,26)(H,24,29)(H,27,28)/t14?,15?,16-/m0/s1. The maximum atomic E-state index is 12.4. The molecule has 1 saturated carbocycles. The van der Waals surface area contributed by atoms with Gasteiger partial charge in [0.05, 0.1) is 6.42 Å². The zero-order chi connectivity index (χ0) is 21.8. The predicted octanol–water partition coefficient (Wildman–Crippen LogP) is 2.26. The molecule has 0 radical (unpaired) electrons. The fourth-order valence-electron chi connectivity index (χ4n) is 3.43. The quantitative estimate of drug-likeness (QED) is 0.286. The fraction of sp³-hybridized carbons (Fsp3) is 0.550. The number of para-hydroxylation sites is 1. The molecule has 0 saturated heterocycles. The Labute approximate surface area is 174 Å². The molecule has 1 aromatic carbocycles. The Kier molecular flexibility index (Phi) is 9.47. The molecule has 2 amide bonds. The molecular weight excluding hydrogens is 390 g/mol. The molecule has 10 nitrogen and oxygen atoms in total. The summed E-state index contributed by atoms with van der Waals surface area (Å²) < 4.78 is 5.41. The van der Waals surface area contributed by atoms with Gasteiger partial charge in [-0.3, -0.25) is 14.4 Å². The molecule has 10 heteroatoms. The normalized spacial score (nSPS) is 19.1. The van der Waals surface area contributed by atoms with Crippen LogP contribution in [0, 0.1) is 11.8 Å². The van der Waals surface area contributed by atoms with Crippen LogP contribution < -0.4 is 15.4 Å². The molecule has 1 fully saturated rings. The molecule has 1 aromatic rings. The SMILES string of the molecule is [N-]=[N+]=NC[C@H](CC(=O)O)NC(=O)C1CCC(CNC(=O)COc2ccccc2)CC1. The number of nitrogens with zero attached hydrogens (tertiary/aromatic N) is 3. The average Bonchev–Trinajstić information content (AvgIpc) is 2.75. The van der Waals surface area contributed by atoms with Crippen molar-refractivity contribution in [1.82, 2.24) is 10.6 Å². The highest BCUT2D eigenvalue weighted by atomic mass is 16.5. The van der Waals surface area contributed by atoms with E-state index < -0.39 is 12.0 Å². The van der Waals surface area contributed by atoms with Gasteiger partial charge in [0.2, 0.25) is 5.91 Å². The first-order valence-corrected chi connectivity index (χ1v) is 9.95. The number of carboxylic acids is 1. The molecule has 0 spiro atoms. The van der Waals surface area contributed by atoms with Crippen molar-refractivity contribution in [2.45, 2.75) is 38.1 Å².